The lowest BCUT2D eigenvalue weighted by atomic mass is 9.96. The third-order valence-electron chi connectivity index (χ3n) is 4.57. The maximum absolute atomic E-state index is 11.0. The Bertz CT molecular complexity index is 674. The van der Waals surface area contributed by atoms with Gasteiger partial charge < -0.3 is 10.1 Å². The molecule has 0 spiro atoms. The number of carbonyl (C=O) groups excluding carboxylic acids is 1. The van der Waals surface area contributed by atoms with Gasteiger partial charge in [-0.05, 0) is 50.0 Å². The Labute approximate surface area is 136 Å². The highest BCUT2D eigenvalue weighted by atomic mass is 16.5. The zero-order chi connectivity index (χ0) is 16.2. The van der Waals surface area contributed by atoms with Gasteiger partial charge in [0.25, 0.3) is 0 Å². The predicted octanol–water partition coefficient (Wildman–Crippen LogP) is 1.92. The van der Waals surface area contributed by atoms with Gasteiger partial charge in [0, 0.05) is 25.4 Å². The molecule has 0 saturated carbocycles. The summed E-state index contributed by atoms with van der Waals surface area (Å²) in [5.41, 5.74) is 2.11. The Morgan fingerprint density at radius 1 is 1.43 bits per heavy atom. The molecule has 6 heteroatoms. The molecular weight excluding hydrogens is 292 g/mol. The van der Waals surface area contributed by atoms with Crippen molar-refractivity contribution in [3.8, 4) is 5.75 Å². The molecule has 2 N–H and O–H groups in total. The van der Waals surface area contributed by atoms with Gasteiger partial charge in [-0.25, -0.2) is 0 Å². The highest BCUT2D eigenvalue weighted by molar-refractivity contribution is 5.82. The fraction of sp³-hybridized carbons (Fsp3) is 0.529. The van der Waals surface area contributed by atoms with Crippen molar-refractivity contribution in [2.24, 2.45) is 5.92 Å². The summed E-state index contributed by atoms with van der Waals surface area (Å²) < 4.78 is 5.31. The lowest BCUT2D eigenvalue weighted by molar-refractivity contribution is -0.119. The summed E-state index contributed by atoms with van der Waals surface area (Å²) in [7, 11) is 1.68. The molecule has 1 aliphatic rings. The quantitative estimate of drug-likeness (QED) is 0.884. The van der Waals surface area contributed by atoms with Crippen LogP contribution in [0.5, 0.6) is 5.75 Å². The number of nitrogens with one attached hydrogen (secondary N) is 2. The standard InChI is InChI=1S/C17H24N4O2/c1-12(22)18-10-13-5-7-21(8-6-13)11-17-15-9-14(23-2)3-4-16(15)19-20-17/h3-4,9,13H,5-8,10-11H2,1-2H3,(H,18,22)(H,19,20). The molecule has 6 nitrogen and oxygen atoms in total. The van der Waals surface area contributed by atoms with Crippen molar-refractivity contribution in [2.75, 3.05) is 26.7 Å². The molecule has 0 unspecified atom stereocenters. The number of rotatable bonds is 5. The van der Waals surface area contributed by atoms with E-state index in [0.717, 1.165) is 61.4 Å². The summed E-state index contributed by atoms with van der Waals surface area (Å²) in [6.45, 7) is 5.35. The first kappa shape index (κ1) is 15.8. The van der Waals surface area contributed by atoms with Crippen LogP contribution >= 0.6 is 0 Å². The SMILES string of the molecule is COc1ccc2n[nH]c(CN3CCC(CNC(C)=O)CC3)c2c1. The van der Waals surface area contributed by atoms with Crippen LogP contribution in [0.15, 0.2) is 18.2 Å². The molecule has 0 atom stereocenters. The molecular formula is C17H24N4O2. The number of benzene rings is 1. The number of H-pyrrole nitrogens is 1. The second-order valence-electron chi connectivity index (χ2n) is 6.24. The Hall–Kier alpha value is -2.08. The van der Waals surface area contributed by atoms with Crippen LogP contribution < -0.4 is 10.1 Å². The van der Waals surface area contributed by atoms with E-state index in [1.54, 1.807) is 14.0 Å². The molecule has 1 amide bonds. The number of carbonyl (C=O) groups is 1. The highest BCUT2D eigenvalue weighted by Gasteiger charge is 2.20. The zero-order valence-electron chi connectivity index (χ0n) is 13.8. The second-order valence-corrected chi connectivity index (χ2v) is 6.24. The molecule has 0 radical (unpaired) electrons. The Morgan fingerprint density at radius 3 is 2.91 bits per heavy atom. The maximum Gasteiger partial charge on any atom is 0.216 e. The maximum atomic E-state index is 11.0. The topological polar surface area (TPSA) is 70.2 Å². The number of aromatic amines is 1. The van der Waals surface area contributed by atoms with E-state index >= 15 is 0 Å². The summed E-state index contributed by atoms with van der Waals surface area (Å²) >= 11 is 0. The monoisotopic (exact) mass is 316 g/mol. The molecule has 1 fully saturated rings. The summed E-state index contributed by atoms with van der Waals surface area (Å²) in [5, 5.41) is 11.6. The van der Waals surface area contributed by atoms with Gasteiger partial charge in [0.1, 0.15) is 5.75 Å². The van der Waals surface area contributed by atoms with E-state index in [9.17, 15) is 4.79 Å². The number of hydrogen-bond donors (Lipinski definition) is 2. The van der Waals surface area contributed by atoms with Gasteiger partial charge in [-0.1, -0.05) is 0 Å². The van der Waals surface area contributed by atoms with Gasteiger partial charge in [0.2, 0.25) is 5.91 Å². The zero-order valence-corrected chi connectivity index (χ0v) is 13.8. The van der Waals surface area contributed by atoms with Gasteiger partial charge in [-0.2, -0.15) is 5.10 Å². The fourth-order valence-corrected chi connectivity index (χ4v) is 3.15. The van der Waals surface area contributed by atoms with Gasteiger partial charge in [-0.3, -0.25) is 14.8 Å². The van der Waals surface area contributed by atoms with Crippen molar-refractivity contribution in [3.63, 3.8) is 0 Å². The predicted molar refractivity (Wildman–Crippen MR) is 89.3 cm³/mol. The van der Waals surface area contributed by atoms with E-state index in [1.165, 1.54) is 0 Å². The van der Waals surface area contributed by atoms with E-state index in [0.29, 0.717) is 5.92 Å². The van der Waals surface area contributed by atoms with Crippen molar-refractivity contribution in [1.82, 2.24) is 20.4 Å². The Kier molecular flexibility index (Phi) is 4.81. The average molecular weight is 316 g/mol. The molecule has 0 aliphatic carbocycles. The summed E-state index contributed by atoms with van der Waals surface area (Å²) in [4.78, 5) is 13.4. The molecule has 2 aromatic rings. The van der Waals surface area contributed by atoms with Crippen LogP contribution in [-0.2, 0) is 11.3 Å². The van der Waals surface area contributed by atoms with Crippen LogP contribution in [0.25, 0.3) is 10.9 Å². The van der Waals surface area contributed by atoms with Crippen molar-refractivity contribution in [2.45, 2.75) is 26.3 Å². The van der Waals surface area contributed by atoms with E-state index in [1.807, 2.05) is 18.2 Å². The van der Waals surface area contributed by atoms with E-state index in [4.69, 9.17) is 4.74 Å². The van der Waals surface area contributed by atoms with E-state index < -0.39 is 0 Å². The number of ether oxygens (including phenoxy) is 1. The third kappa shape index (κ3) is 3.82. The van der Waals surface area contributed by atoms with Crippen molar-refractivity contribution in [3.05, 3.63) is 23.9 Å². The molecule has 3 rings (SSSR count). The number of methoxy groups -OCH3 is 1. The van der Waals surface area contributed by atoms with E-state index in [-0.39, 0.29) is 5.91 Å². The second kappa shape index (κ2) is 7.00. The largest absolute Gasteiger partial charge is 0.497 e. The number of amides is 1. The number of piperidine rings is 1. The summed E-state index contributed by atoms with van der Waals surface area (Å²) in [6.07, 6.45) is 2.24. The molecule has 1 aliphatic heterocycles. The average Bonchev–Trinajstić information content (AvgIpc) is 2.96. The van der Waals surface area contributed by atoms with Crippen molar-refractivity contribution in [1.29, 1.82) is 0 Å². The number of aromatic nitrogens is 2. The normalized spacial score (nSPS) is 16.6. The highest BCUT2D eigenvalue weighted by Crippen LogP contribution is 2.24. The lowest BCUT2D eigenvalue weighted by Crippen LogP contribution is -2.37. The van der Waals surface area contributed by atoms with Crippen LogP contribution in [0.1, 0.15) is 25.5 Å². The van der Waals surface area contributed by atoms with Crippen LogP contribution in [0.3, 0.4) is 0 Å². The minimum Gasteiger partial charge on any atom is -0.497 e. The molecule has 0 bridgehead atoms. The number of nitrogens with zero attached hydrogens (tertiary/aromatic N) is 2. The number of fused-ring (bicyclic) bond motifs is 1. The van der Waals surface area contributed by atoms with Crippen LogP contribution in [0.2, 0.25) is 0 Å². The first-order valence-electron chi connectivity index (χ1n) is 8.13. The van der Waals surface area contributed by atoms with Gasteiger partial charge >= 0.3 is 0 Å². The molecule has 2 heterocycles. The minimum absolute atomic E-state index is 0.0605. The smallest absolute Gasteiger partial charge is 0.216 e. The number of likely N-dealkylation sites (tertiary alicyclic amines) is 1. The first-order valence-corrected chi connectivity index (χ1v) is 8.13. The molecule has 124 valence electrons. The molecule has 23 heavy (non-hydrogen) atoms. The van der Waals surface area contributed by atoms with Gasteiger partial charge in [-0.15, -0.1) is 0 Å². The molecule has 1 saturated heterocycles. The summed E-state index contributed by atoms with van der Waals surface area (Å²) in [6, 6.07) is 5.95. The molecule has 1 aromatic heterocycles. The van der Waals surface area contributed by atoms with Crippen LogP contribution in [0, 0.1) is 5.92 Å². The van der Waals surface area contributed by atoms with Gasteiger partial charge in [0.05, 0.1) is 18.3 Å². The number of hydrogen-bond acceptors (Lipinski definition) is 4. The van der Waals surface area contributed by atoms with Gasteiger partial charge in [0.15, 0.2) is 0 Å². The van der Waals surface area contributed by atoms with Crippen LogP contribution in [0.4, 0.5) is 0 Å². The Morgan fingerprint density at radius 2 is 2.22 bits per heavy atom. The van der Waals surface area contributed by atoms with Crippen molar-refractivity contribution < 1.29 is 9.53 Å². The Balaban J connectivity index is 1.59. The summed E-state index contributed by atoms with van der Waals surface area (Å²) in [5.74, 6) is 1.51. The third-order valence-corrected chi connectivity index (χ3v) is 4.57. The lowest BCUT2D eigenvalue weighted by Gasteiger charge is -2.31. The van der Waals surface area contributed by atoms with E-state index in [2.05, 4.69) is 20.4 Å². The minimum atomic E-state index is 0.0605. The van der Waals surface area contributed by atoms with Crippen LogP contribution in [-0.4, -0.2) is 47.7 Å². The fourth-order valence-electron chi connectivity index (χ4n) is 3.15. The molecule has 1 aromatic carbocycles. The van der Waals surface area contributed by atoms with Crippen molar-refractivity contribution >= 4 is 16.8 Å². The first-order chi connectivity index (χ1) is 11.2.